The minimum atomic E-state index is -0.303. The lowest BCUT2D eigenvalue weighted by Crippen LogP contribution is -2.43. The topological polar surface area (TPSA) is 93.1 Å². The van der Waals surface area contributed by atoms with Gasteiger partial charge >= 0.3 is 4.87 Å². The zero-order valence-electron chi connectivity index (χ0n) is 15.6. The molecule has 3 heterocycles. The highest BCUT2D eigenvalue weighted by Gasteiger charge is 2.17. The summed E-state index contributed by atoms with van der Waals surface area (Å²) in [5.41, 5.74) is 5.71. The number of hydrogen-bond acceptors (Lipinski definition) is 7. The Bertz CT molecular complexity index is 1170. The Morgan fingerprint density at radius 2 is 1.79 bits per heavy atom. The number of aromatic hydroxyl groups is 1. The molecular weight excluding hydrogens is 386 g/mol. The van der Waals surface area contributed by atoms with E-state index < -0.39 is 0 Å². The lowest BCUT2D eigenvalue weighted by molar-refractivity contribution is 0.455. The fourth-order valence-corrected chi connectivity index (χ4v) is 4.28. The molecule has 2 aliphatic heterocycles. The molecule has 0 atom stereocenters. The molecule has 0 spiro atoms. The highest BCUT2D eigenvalue weighted by Crippen LogP contribution is 2.39. The Morgan fingerprint density at radius 3 is 2.52 bits per heavy atom. The monoisotopic (exact) mass is 405 g/mol. The van der Waals surface area contributed by atoms with Gasteiger partial charge in [-0.15, -0.1) is 10.2 Å². The Morgan fingerprint density at radius 1 is 1.03 bits per heavy atom. The van der Waals surface area contributed by atoms with E-state index in [1.54, 1.807) is 6.08 Å². The quantitative estimate of drug-likeness (QED) is 0.618. The van der Waals surface area contributed by atoms with Crippen molar-refractivity contribution in [2.24, 2.45) is 10.2 Å². The number of piperazine rings is 1. The molecule has 1 fully saturated rings. The first-order valence-corrected chi connectivity index (χ1v) is 10.2. The maximum atomic E-state index is 11.4. The SMILES string of the molecule is O=c1[nH]c(O)c(/C=C2\N=Nc3ccc(-c4ccc(N5CCNCC5)cc4)cc32)s1. The van der Waals surface area contributed by atoms with E-state index in [4.69, 9.17) is 0 Å². The molecule has 29 heavy (non-hydrogen) atoms. The average Bonchev–Trinajstić information content (AvgIpc) is 3.30. The molecule has 0 amide bonds. The van der Waals surface area contributed by atoms with E-state index in [0.29, 0.717) is 10.6 Å². The van der Waals surface area contributed by atoms with Gasteiger partial charge in [-0.3, -0.25) is 9.78 Å². The second-order valence-corrected chi connectivity index (χ2v) is 7.99. The van der Waals surface area contributed by atoms with Crippen molar-refractivity contribution in [1.29, 1.82) is 0 Å². The summed E-state index contributed by atoms with van der Waals surface area (Å²) in [4.78, 5) is 16.3. The molecule has 0 saturated carbocycles. The molecule has 3 N–H and O–H groups in total. The fourth-order valence-electron chi connectivity index (χ4n) is 3.62. The number of anilines is 1. The van der Waals surface area contributed by atoms with Crippen LogP contribution in [0.1, 0.15) is 10.4 Å². The molecule has 8 heteroatoms. The van der Waals surface area contributed by atoms with Crippen LogP contribution in [0.15, 0.2) is 57.5 Å². The van der Waals surface area contributed by atoms with E-state index in [2.05, 4.69) is 49.7 Å². The molecule has 0 bridgehead atoms. The highest BCUT2D eigenvalue weighted by molar-refractivity contribution is 7.10. The van der Waals surface area contributed by atoms with Crippen LogP contribution in [0.25, 0.3) is 22.9 Å². The summed E-state index contributed by atoms with van der Waals surface area (Å²) in [6.45, 7) is 4.07. The van der Waals surface area contributed by atoms with Crippen LogP contribution in [0.4, 0.5) is 11.4 Å². The van der Waals surface area contributed by atoms with Gasteiger partial charge in [-0.1, -0.05) is 29.5 Å². The first-order chi connectivity index (χ1) is 14.2. The minimum absolute atomic E-state index is 0.143. The first-order valence-electron chi connectivity index (χ1n) is 9.43. The Kier molecular flexibility index (Phi) is 4.49. The molecule has 3 aromatic rings. The average molecular weight is 405 g/mol. The van der Waals surface area contributed by atoms with Crippen molar-refractivity contribution in [3.8, 4) is 17.0 Å². The second-order valence-electron chi connectivity index (χ2n) is 6.97. The zero-order valence-corrected chi connectivity index (χ0v) is 16.4. The third-order valence-corrected chi connectivity index (χ3v) is 5.96. The molecule has 0 aliphatic carbocycles. The predicted octanol–water partition coefficient (Wildman–Crippen LogP) is 3.81. The van der Waals surface area contributed by atoms with Gasteiger partial charge in [0.25, 0.3) is 0 Å². The summed E-state index contributed by atoms with van der Waals surface area (Å²) in [5, 5.41) is 21.6. The molecule has 146 valence electrons. The largest absolute Gasteiger partial charge is 0.493 e. The number of thiazole rings is 1. The lowest BCUT2D eigenvalue weighted by atomic mass is 10.00. The van der Waals surface area contributed by atoms with Crippen molar-refractivity contribution in [1.82, 2.24) is 10.3 Å². The second kappa shape index (κ2) is 7.31. The van der Waals surface area contributed by atoms with Gasteiger partial charge in [-0.2, -0.15) is 0 Å². The minimum Gasteiger partial charge on any atom is -0.493 e. The standard InChI is InChI=1S/C21H19N5O2S/c27-20-19(29-21(28)23-20)12-18-16-11-14(3-6-17(16)24-25-18)13-1-4-15(5-2-13)26-9-7-22-8-10-26/h1-6,11-12,22,27H,7-10H2,(H,23,28)/b18-12-. The van der Waals surface area contributed by atoms with Crippen molar-refractivity contribution in [3.63, 3.8) is 0 Å². The molecule has 0 unspecified atom stereocenters. The van der Waals surface area contributed by atoms with Crippen molar-refractivity contribution in [2.75, 3.05) is 31.1 Å². The molecule has 1 aromatic heterocycles. The molecule has 2 aromatic carbocycles. The van der Waals surface area contributed by atoms with Crippen LogP contribution in [0.5, 0.6) is 5.88 Å². The molecule has 2 aliphatic rings. The van der Waals surface area contributed by atoms with E-state index in [1.165, 1.54) is 5.69 Å². The fraction of sp³-hybridized carbons (Fsp3) is 0.190. The number of aromatic amines is 1. The number of nitrogens with zero attached hydrogens (tertiary/aromatic N) is 3. The number of H-pyrrole nitrogens is 1. The summed E-state index contributed by atoms with van der Waals surface area (Å²) in [7, 11) is 0. The number of rotatable bonds is 3. The van der Waals surface area contributed by atoms with Crippen molar-refractivity contribution >= 4 is 34.5 Å². The van der Waals surface area contributed by atoms with Crippen LogP contribution in [-0.2, 0) is 0 Å². The van der Waals surface area contributed by atoms with Gasteiger partial charge in [0.05, 0.1) is 16.3 Å². The zero-order chi connectivity index (χ0) is 19.8. The normalized spacial score (nSPS) is 17.1. The number of hydrogen-bond donors (Lipinski definition) is 3. The number of azo groups is 1. The first kappa shape index (κ1) is 17.8. The predicted molar refractivity (Wildman–Crippen MR) is 116 cm³/mol. The number of benzene rings is 2. The summed E-state index contributed by atoms with van der Waals surface area (Å²) in [5.74, 6) is -0.143. The smallest absolute Gasteiger partial charge is 0.307 e. The number of aromatic nitrogens is 1. The summed E-state index contributed by atoms with van der Waals surface area (Å²) in [6.07, 6.45) is 1.69. The van der Waals surface area contributed by atoms with Gasteiger partial charge in [-0.25, -0.2) is 0 Å². The maximum absolute atomic E-state index is 11.4. The summed E-state index contributed by atoms with van der Waals surface area (Å²) >= 11 is 0.943. The third-order valence-electron chi connectivity index (χ3n) is 5.15. The summed E-state index contributed by atoms with van der Waals surface area (Å²) < 4.78 is 0. The lowest BCUT2D eigenvalue weighted by Gasteiger charge is -2.29. The highest BCUT2D eigenvalue weighted by atomic mass is 32.1. The van der Waals surface area contributed by atoms with Crippen LogP contribution < -0.4 is 15.1 Å². The Balaban J connectivity index is 1.45. The Hall–Kier alpha value is -3.23. The summed E-state index contributed by atoms with van der Waals surface area (Å²) in [6, 6.07) is 14.6. The molecule has 5 rings (SSSR count). The van der Waals surface area contributed by atoms with Crippen molar-refractivity contribution in [2.45, 2.75) is 0 Å². The Labute approximate surface area is 171 Å². The van der Waals surface area contributed by atoms with Gasteiger partial charge in [0.1, 0.15) is 0 Å². The molecular formula is C21H19N5O2S. The number of fused-ring (bicyclic) bond motifs is 1. The van der Waals surface area contributed by atoms with Gasteiger partial charge in [-0.05, 0) is 41.5 Å². The maximum Gasteiger partial charge on any atom is 0.307 e. The van der Waals surface area contributed by atoms with Crippen LogP contribution in [0.3, 0.4) is 0 Å². The van der Waals surface area contributed by atoms with Crippen molar-refractivity contribution in [3.05, 3.63) is 62.6 Å². The van der Waals surface area contributed by atoms with Crippen LogP contribution in [0, 0.1) is 0 Å². The van der Waals surface area contributed by atoms with Crippen LogP contribution in [-0.4, -0.2) is 36.3 Å². The van der Waals surface area contributed by atoms with Crippen LogP contribution in [0.2, 0.25) is 0 Å². The third kappa shape index (κ3) is 3.48. The molecule has 1 saturated heterocycles. The van der Waals surface area contributed by atoms with Crippen molar-refractivity contribution < 1.29 is 5.11 Å². The van der Waals surface area contributed by atoms with E-state index in [9.17, 15) is 9.90 Å². The number of nitrogens with one attached hydrogen (secondary N) is 2. The van der Waals surface area contributed by atoms with E-state index >= 15 is 0 Å². The van der Waals surface area contributed by atoms with Gasteiger partial charge < -0.3 is 15.3 Å². The van der Waals surface area contributed by atoms with E-state index in [1.807, 2.05) is 18.2 Å². The van der Waals surface area contributed by atoms with Crippen LogP contribution >= 0.6 is 11.3 Å². The molecule has 0 radical (unpaired) electrons. The molecule has 7 nitrogen and oxygen atoms in total. The van der Waals surface area contributed by atoms with E-state index in [0.717, 1.165) is 59.9 Å². The van der Waals surface area contributed by atoms with Gasteiger partial charge in [0.15, 0.2) is 0 Å². The van der Waals surface area contributed by atoms with E-state index in [-0.39, 0.29) is 10.8 Å². The van der Waals surface area contributed by atoms with Gasteiger partial charge in [0, 0.05) is 37.4 Å². The van der Waals surface area contributed by atoms with Gasteiger partial charge in [0.2, 0.25) is 5.88 Å².